The molecule has 2 aromatic rings. The standard InChI is InChI=1S/C15H20N2O2/c18-15(5-8-19-9-6-15)11-16-10-12-2-1-3-14-13(12)4-7-17-14/h1-4,7,16-18H,5-6,8-11H2. The third kappa shape index (κ3) is 2.81. The van der Waals surface area contributed by atoms with Gasteiger partial charge >= 0.3 is 0 Å². The van der Waals surface area contributed by atoms with E-state index in [0.29, 0.717) is 32.6 Å². The minimum absolute atomic E-state index is 0.607. The van der Waals surface area contributed by atoms with Crippen molar-refractivity contribution in [3.05, 3.63) is 36.0 Å². The zero-order valence-corrected chi connectivity index (χ0v) is 11.0. The first-order valence-corrected chi connectivity index (χ1v) is 6.83. The van der Waals surface area contributed by atoms with Crippen molar-refractivity contribution in [2.45, 2.75) is 25.0 Å². The molecular formula is C15H20N2O2. The summed E-state index contributed by atoms with van der Waals surface area (Å²) in [6.45, 7) is 2.71. The van der Waals surface area contributed by atoms with Crippen LogP contribution in [0.1, 0.15) is 18.4 Å². The largest absolute Gasteiger partial charge is 0.388 e. The number of rotatable bonds is 4. The fraction of sp³-hybridized carbons (Fsp3) is 0.467. The van der Waals surface area contributed by atoms with Crippen molar-refractivity contribution in [2.24, 2.45) is 0 Å². The fourth-order valence-corrected chi connectivity index (χ4v) is 2.66. The molecule has 1 aromatic heterocycles. The third-order valence-corrected chi connectivity index (χ3v) is 3.88. The molecule has 1 aromatic carbocycles. The monoisotopic (exact) mass is 260 g/mol. The maximum absolute atomic E-state index is 10.4. The van der Waals surface area contributed by atoms with Crippen LogP contribution in [0.3, 0.4) is 0 Å². The van der Waals surface area contributed by atoms with Gasteiger partial charge in [0.05, 0.1) is 5.60 Å². The fourth-order valence-electron chi connectivity index (χ4n) is 2.66. The Morgan fingerprint density at radius 1 is 1.26 bits per heavy atom. The Morgan fingerprint density at radius 2 is 2.11 bits per heavy atom. The molecule has 0 saturated carbocycles. The minimum Gasteiger partial charge on any atom is -0.388 e. The highest BCUT2D eigenvalue weighted by Crippen LogP contribution is 2.20. The molecule has 1 aliphatic rings. The summed E-state index contributed by atoms with van der Waals surface area (Å²) in [5.41, 5.74) is 1.81. The molecule has 1 fully saturated rings. The molecule has 102 valence electrons. The van der Waals surface area contributed by atoms with Gasteiger partial charge in [-0.15, -0.1) is 0 Å². The Hall–Kier alpha value is -1.36. The number of hydrogen-bond acceptors (Lipinski definition) is 3. The van der Waals surface area contributed by atoms with E-state index in [1.807, 2.05) is 6.20 Å². The molecule has 0 spiro atoms. The average Bonchev–Trinajstić information content (AvgIpc) is 2.88. The van der Waals surface area contributed by atoms with Crippen LogP contribution in [-0.4, -0.2) is 35.5 Å². The van der Waals surface area contributed by atoms with Crippen LogP contribution in [-0.2, 0) is 11.3 Å². The van der Waals surface area contributed by atoms with E-state index in [1.165, 1.54) is 10.9 Å². The Morgan fingerprint density at radius 3 is 2.95 bits per heavy atom. The summed E-state index contributed by atoms with van der Waals surface area (Å²) >= 11 is 0. The molecule has 0 atom stereocenters. The van der Waals surface area contributed by atoms with Gasteiger partial charge in [-0.25, -0.2) is 0 Å². The number of hydrogen-bond donors (Lipinski definition) is 3. The predicted octanol–water partition coefficient (Wildman–Crippen LogP) is 1.80. The summed E-state index contributed by atoms with van der Waals surface area (Å²) in [7, 11) is 0. The highest BCUT2D eigenvalue weighted by Gasteiger charge is 2.29. The second-order valence-corrected chi connectivity index (χ2v) is 5.30. The first-order chi connectivity index (χ1) is 9.27. The van der Waals surface area contributed by atoms with E-state index in [0.717, 1.165) is 12.1 Å². The zero-order chi connectivity index (χ0) is 13.1. The summed E-state index contributed by atoms with van der Waals surface area (Å²) in [4.78, 5) is 3.21. The first-order valence-electron chi connectivity index (χ1n) is 6.83. The van der Waals surface area contributed by atoms with Crippen molar-refractivity contribution in [3.8, 4) is 0 Å². The summed E-state index contributed by atoms with van der Waals surface area (Å²) < 4.78 is 5.28. The van der Waals surface area contributed by atoms with Crippen LogP contribution < -0.4 is 5.32 Å². The van der Waals surface area contributed by atoms with Crippen molar-refractivity contribution in [3.63, 3.8) is 0 Å². The second-order valence-electron chi connectivity index (χ2n) is 5.30. The average molecular weight is 260 g/mol. The number of aliphatic hydroxyl groups is 1. The van der Waals surface area contributed by atoms with Gasteiger partial charge in [0.1, 0.15) is 0 Å². The van der Waals surface area contributed by atoms with Crippen molar-refractivity contribution >= 4 is 10.9 Å². The normalized spacial score (nSPS) is 18.8. The first kappa shape index (κ1) is 12.7. The van der Waals surface area contributed by atoms with Crippen LogP contribution in [0, 0.1) is 0 Å². The molecule has 1 aliphatic heterocycles. The van der Waals surface area contributed by atoms with Crippen LogP contribution in [0.15, 0.2) is 30.5 Å². The molecule has 1 saturated heterocycles. The predicted molar refractivity (Wildman–Crippen MR) is 75.0 cm³/mol. The molecule has 4 nitrogen and oxygen atoms in total. The number of nitrogens with one attached hydrogen (secondary N) is 2. The van der Waals surface area contributed by atoms with Gasteiger partial charge in [0.15, 0.2) is 0 Å². The van der Waals surface area contributed by atoms with Crippen LogP contribution in [0.25, 0.3) is 10.9 Å². The number of H-pyrrole nitrogens is 1. The minimum atomic E-state index is -0.607. The summed E-state index contributed by atoms with van der Waals surface area (Å²) in [5, 5.41) is 15.0. The van der Waals surface area contributed by atoms with Gasteiger partial charge in [0.25, 0.3) is 0 Å². The lowest BCUT2D eigenvalue weighted by atomic mass is 9.94. The Bertz CT molecular complexity index is 544. The molecule has 0 radical (unpaired) electrons. The topological polar surface area (TPSA) is 57.3 Å². The van der Waals surface area contributed by atoms with Crippen LogP contribution in [0.4, 0.5) is 0 Å². The number of aromatic amines is 1. The van der Waals surface area contributed by atoms with E-state index >= 15 is 0 Å². The lowest BCUT2D eigenvalue weighted by Crippen LogP contribution is -2.44. The van der Waals surface area contributed by atoms with Crippen LogP contribution >= 0.6 is 0 Å². The lowest BCUT2D eigenvalue weighted by Gasteiger charge is -2.32. The maximum atomic E-state index is 10.4. The van der Waals surface area contributed by atoms with Crippen molar-refractivity contribution in [1.82, 2.24) is 10.3 Å². The van der Waals surface area contributed by atoms with Gasteiger partial charge < -0.3 is 20.1 Å². The molecule has 0 unspecified atom stereocenters. The van der Waals surface area contributed by atoms with E-state index in [9.17, 15) is 5.11 Å². The van der Waals surface area contributed by atoms with E-state index in [1.54, 1.807) is 0 Å². The highest BCUT2D eigenvalue weighted by atomic mass is 16.5. The summed E-state index contributed by atoms with van der Waals surface area (Å²) in [5.74, 6) is 0. The molecule has 4 heteroatoms. The Balaban J connectivity index is 1.61. The van der Waals surface area contributed by atoms with Gasteiger partial charge in [-0.05, 0) is 17.7 Å². The number of aromatic nitrogens is 1. The van der Waals surface area contributed by atoms with Gasteiger partial charge in [-0.2, -0.15) is 0 Å². The molecule has 0 aliphatic carbocycles. The second kappa shape index (κ2) is 5.33. The Kier molecular flexibility index (Phi) is 3.55. The molecule has 3 N–H and O–H groups in total. The number of ether oxygens (including phenoxy) is 1. The van der Waals surface area contributed by atoms with Crippen molar-refractivity contribution in [2.75, 3.05) is 19.8 Å². The van der Waals surface area contributed by atoms with Crippen LogP contribution in [0.2, 0.25) is 0 Å². The molecule has 0 amide bonds. The smallest absolute Gasteiger partial charge is 0.0815 e. The summed E-state index contributed by atoms with van der Waals surface area (Å²) in [6.07, 6.45) is 3.39. The number of fused-ring (bicyclic) bond motifs is 1. The van der Waals surface area contributed by atoms with Crippen molar-refractivity contribution < 1.29 is 9.84 Å². The van der Waals surface area contributed by atoms with E-state index < -0.39 is 5.60 Å². The lowest BCUT2D eigenvalue weighted by molar-refractivity contribution is -0.0616. The van der Waals surface area contributed by atoms with E-state index in [-0.39, 0.29) is 0 Å². The third-order valence-electron chi connectivity index (χ3n) is 3.88. The maximum Gasteiger partial charge on any atom is 0.0815 e. The molecule has 3 rings (SSSR count). The molecule has 2 heterocycles. The quantitative estimate of drug-likeness (QED) is 0.785. The highest BCUT2D eigenvalue weighted by molar-refractivity contribution is 5.82. The molecule has 19 heavy (non-hydrogen) atoms. The van der Waals surface area contributed by atoms with E-state index in [2.05, 4.69) is 34.6 Å². The van der Waals surface area contributed by atoms with E-state index in [4.69, 9.17) is 4.74 Å². The molecular weight excluding hydrogens is 240 g/mol. The van der Waals surface area contributed by atoms with Gasteiger partial charge in [-0.1, -0.05) is 12.1 Å². The van der Waals surface area contributed by atoms with Crippen molar-refractivity contribution in [1.29, 1.82) is 0 Å². The van der Waals surface area contributed by atoms with Gasteiger partial charge in [-0.3, -0.25) is 0 Å². The summed E-state index contributed by atoms with van der Waals surface area (Å²) in [6, 6.07) is 8.34. The van der Waals surface area contributed by atoms with Crippen LogP contribution in [0.5, 0.6) is 0 Å². The number of benzene rings is 1. The Labute approximate surface area is 112 Å². The van der Waals surface area contributed by atoms with Gasteiger partial charge in [0, 0.05) is 56.2 Å². The van der Waals surface area contributed by atoms with Gasteiger partial charge in [0.2, 0.25) is 0 Å². The molecule has 0 bridgehead atoms. The zero-order valence-electron chi connectivity index (χ0n) is 11.0. The SMILES string of the molecule is OC1(CNCc2cccc3[nH]ccc23)CCOCC1.